The topological polar surface area (TPSA) is 59.8 Å². The lowest BCUT2D eigenvalue weighted by atomic mass is 10.2. The highest BCUT2D eigenvalue weighted by atomic mass is 32.2. The third kappa shape index (κ3) is 4.20. The van der Waals surface area contributed by atoms with Crippen LogP contribution in [0.25, 0.3) is 0 Å². The van der Waals surface area contributed by atoms with E-state index in [0.717, 1.165) is 26.2 Å². The van der Waals surface area contributed by atoms with Gasteiger partial charge in [-0.1, -0.05) is 12.1 Å². The first-order valence-corrected chi connectivity index (χ1v) is 11.3. The molecule has 0 aliphatic heterocycles. The number of nitrogens with zero attached hydrogens (tertiary/aromatic N) is 3. The number of rotatable bonds is 6. The number of hydrogen-bond acceptors (Lipinski definition) is 6. The number of aryl methyl sites for hydroxylation is 1. The van der Waals surface area contributed by atoms with Crippen molar-refractivity contribution in [3.05, 3.63) is 52.6 Å². The smallest absolute Gasteiger partial charge is 0.260 e. The molecule has 5 nitrogen and oxygen atoms in total. The largest absolute Gasteiger partial charge is 0.319 e. The molecule has 0 atom stereocenters. The van der Waals surface area contributed by atoms with E-state index >= 15 is 0 Å². The van der Waals surface area contributed by atoms with Gasteiger partial charge in [0.15, 0.2) is 0 Å². The van der Waals surface area contributed by atoms with E-state index in [2.05, 4.69) is 14.8 Å². The summed E-state index contributed by atoms with van der Waals surface area (Å²) in [5, 5.41) is 8.27. The zero-order chi connectivity index (χ0) is 19.6. The number of aromatic nitrogens is 3. The standard InChI is InChI=1S/C18H19FN4OS3/c1-10-15(20-16(24)14-17(25-3)22-27-18(14)26-4)11(2)23(21-10)9-12-5-7-13(19)8-6-12/h5-8H,9H2,1-4H3,(H,20,24). The molecule has 0 radical (unpaired) electrons. The molecule has 142 valence electrons. The van der Waals surface area contributed by atoms with Crippen molar-refractivity contribution in [3.8, 4) is 0 Å². The van der Waals surface area contributed by atoms with Gasteiger partial charge in [-0.2, -0.15) is 9.47 Å². The Balaban J connectivity index is 1.86. The monoisotopic (exact) mass is 422 g/mol. The van der Waals surface area contributed by atoms with E-state index in [0.29, 0.717) is 17.8 Å². The van der Waals surface area contributed by atoms with Gasteiger partial charge < -0.3 is 5.32 Å². The maximum Gasteiger partial charge on any atom is 0.260 e. The fourth-order valence-corrected chi connectivity index (χ4v) is 4.98. The Bertz CT molecular complexity index is 944. The van der Waals surface area contributed by atoms with Crippen molar-refractivity contribution < 1.29 is 9.18 Å². The Morgan fingerprint density at radius 3 is 2.56 bits per heavy atom. The van der Waals surface area contributed by atoms with Crippen LogP contribution in [0.1, 0.15) is 27.3 Å². The van der Waals surface area contributed by atoms with Gasteiger partial charge >= 0.3 is 0 Å². The quantitative estimate of drug-likeness (QED) is 0.576. The van der Waals surface area contributed by atoms with Crippen LogP contribution in [-0.4, -0.2) is 32.6 Å². The molecule has 0 saturated heterocycles. The normalized spacial score (nSPS) is 11.0. The zero-order valence-corrected chi connectivity index (χ0v) is 17.8. The highest BCUT2D eigenvalue weighted by molar-refractivity contribution is 8.01. The van der Waals surface area contributed by atoms with Crippen molar-refractivity contribution in [2.75, 3.05) is 17.8 Å². The van der Waals surface area contributed by atoms with Gasteiger partial charge in [-0.25, -0.2) is 4.39 Å². The summed E-state index contributed by atoms with van der Waals surface area (Å²) < 4.78 is 20.2. The minimum atomic E-state index is -0.265. The predicted octanol–water partition coefficient (Wildman–Crippen LogP) is 4.84. The summed E-state index contributed by atoms with van der Waals surface area (Å²) in [5.74, 6) is -0.441. The molecule has 0 spiro atoms. The van der Waals surface area contributed by atoms with Crippen LogP contribution in [-0.2, 0) is 6.54 Å². The van der Waals surface area contributed by atoms with Crippen molar-refractivity contribution in [1.82, 2.24) is 14.2 Å². The summed E-state index contributed by atoms with van der Waals surface area (Å²) in [4.78, 5) is 12.9. The second-order valence-corrected chi connectivity index (χ2v) is 8.49. The molecule has 0 unspecified atom stereocenters. The van der Waals surface area contributed by atoms with Crippen LogP contribution >= 0.6 is 35.1 Å². The number of hydrogen-bond donors (Lipinski definition) is 1. The fraction of sp³-hybridized carbons (Fsp3) is 0.278. The zero-order valence-electron chi connectivity index (χ0n) is 15.4. The molecule has 2 aromatic heterocycles. The molecular weight excluding hydrogens is 403 g/mol. The molecule has 0 aliphatic rings. The first-order valence-electron chi connectivity index (χ1n) is 8.12. The van der Waals surface area contributed by atoms with Crippen LogP contribution < -0.4 is 5.32 Å². The summed E-state index contributed by atoms with van der Waals surface area (Å²) in [5.41, 5.74) is 3.85. The molecule has 1 aromatic carbocycles. The first-order chi connectivity index (χ1) is 12.9. The van der Waals surface area contributed by atoms with Crippen LogP contribution in [0.4, 0.5) is 10.1 Å². The Morgan fingerprint density at radius 1 is 1.22 bits per heavy atom. The molecular formula is C18H19FN4OS3. The maximum absolute atomic E-state index is 13.1. The highest BCUT2D eigenvalue weighted by Crippen LogP contribution is 2.33. The van der Waals surface area contributed by atoms with E-state index in [1.54, 1.807) is 12.1 Å². The number of amides is 1. The average molecular weight is 423 g/mol. The van der Waals surface area contributed by atoms with Crippen molar-refractivity contribution in [2.24, 2.45) is 0 Å². The number of nitrogens with one attached hydrogen (secondary N) is 1. The van der Waals surface area contributed by atoms with Gasteiger partial charge in [0.05, 0.1) is 33.4 Å². The van der Waals surface area contributed by atoms with Crippen molar-refractivity contribution in [3.63, 3.8) is 0 Å². The van der Waals surface area contributed by atoms with Gasteiger partial charge in [0.25, 0.3) is 5.91 Å². The summed E-state index contributed by atoms with van der Waals surface area (Å²) in [6.07, 6.45) is 3.85. The van der Waals surface area contributed by atoms with Gasteiger partial charge in [-0.3, -0.25) is 9.48 Å². The van der Waals surface area contributed by atoms with E-state index < -0.39 is 0 Å². The van der Waals surface area contributed by atoms with Crippen LogP contribution in [0, 0.1) is 19.7 Å². The Morgan fingerprint density at radius 2 is 1.93 bits per heavy atom. The molecule has 9 heteroatoms. The lowest BCUT2D eigenvalue weighted by Crippen LogP contribution is -2.14. The number of carbonyl (C=O) groups is 1. The van der Waals surface area contributed by atoms with Crippen molar-refractivity contribution in [2.45, 2.75) is 29.6 Å². The predicted molar refractivity (Wildman–Crippen MR) is 111 cm³/mol. The second kappa shape index (κ2) is 8.45. The Hall–Kier alpha value is -1.84. The Kier molecular flexibility index (Phi) is 6.23. The van der Waals surface area contributed by atoms with Crippen molar-refractivity contribution in [1.29, 1.82) is 0 Å². The van der Waals surface area contributed by atoms with E-state index in [1.807, 2.05) is 31.0 Å². The number of thioether (sulfide) groups is 2. The van der Waals surface area contributed by atoms with Crippen LogP contribution in [0.3, 0.4) is 0 Å². The van der Waals surface area contributed by atoms with E-state index in [9.17, 15) is 9.18 Å². The lowest BCUT2D eigenvalue weighted by molar-refractivity contribution is 0.102. The van der Waals surface area contributed by atoms with Gasteiger partial charge in [0, 0.05) is 0 Å². The molecule has 0 saturated carbocycles. The highest BCUT2D eigenvalue weighted by Gasteiger charge is 2.22. The number of benzene rings is 1. The van der Waals surface area contributed by atoms with Gasteiger partial charge in [0.2, 0.25) is 0 Å². The summed E-state index contributed by atoms with van der Waals surface area (Å²) in [6, 6.07) is 6.33. The minimum absolute atomic E-state index is 0.176. The minimum Gasteiger partial charge on any atom is -0.319 e. The van der Waals surface area contributed by atoms with Gasteiger partial charge in [0.1, 0.15) is 10.8 Å². The first kappa shape index (κ1) is 19.9. The molecule has 3 rings (SSSR count). The van der Waals surface area contributed by atoms with Crippen LogP contribution in [0.2, 0.25) is 0 Å². The van der Waals surface area contributed by atoms with Gasteiger partial charge in [-0.05, 0) is 55.6 Å². The summed E-state index contributed by atoms with van der Waals surface area (Å²) in [7, 11) is 0. The van der Waals surface area contributed by atoms with Crippen LogP contribution in [0.5, 0.6) is 0 Å². The third-order valence-corrected chi connectivity index (χ3v) is 6.84. The average Bonchev–Trinajstić information content (AvgIpc) is 3.19. The molecule has 3 aromatic rings. The number of anilines is 1. The fourth-order valence-electron chi connectivity index (χ4n) is 2.70. The summed E-state index contributed by atoms with van der Waals surface area (Å²) >= 11 is 4.31. The summed E-state index contributed by atoms with van der Waals surface area (Å²) in [6.45, 7) is 4.28. The lowest BCUT2D eigenvalue weighted by Gasteiger charge is -2.08. The van der Waals surface area contributed by atoms with E-state index in [1.165, 1.54) is 47.2 Å². The number of carbonyl (C=O) groups excluding carboxylic acids is 1. The molecule has 1 amide bonds. The Labute approximate surface area is 169 Å². The molecule has 27 heavy (non-hydrogen) atoms. The van der Waals surface area contributed by atoms with Crippen LogP contribution in [0.15, 0.2) is 33.5 Å². The molecule has 1 N–H and O–H groups in total. The maximum atomic E-state index is 13.1. The van der Waals surface area contributed by atoms with E-state index in [4.69, 9.17) is 0 Å². The van der Waals surface area contributed by atoms with E-state index in [-0.39, 0.29) is 11.7 Å². The SMILES string of the molecule is CSc1nsc(SC)c1C(=O)Nc1c(C)nn(Cc2ccc(F)cc2)c1C. The van der Waals surface area contributed by atoms with Gasteiger partial charge in [-0.15, -0.1) is 23.5 Å². The second-order valence-electron chi connectivity index (χ2n) is 5.84. The van der Waals surface area contributed by atoms with Crippen molar-refractivity contribution >= 4 is 46.7 Å². The molecule has 0 aliphatic carbocycles. The third-order valence-electron chi connectivity index (χ3n) is 4.10. The molecule has 0 bridgehead atoms. The molecule has 0 fully saturated rings. The molecule has 2 heterocycles. The number of halogens is 1.